The number of hydrogen-bond acceptors (Lipinski definition) is 2. The van der Waals surface area contributed by atoms with Gasteiger partial charge in [0.2, 0.25) is 5.91 Å². The van der Waals surface area contributed by atoms with Crippen LogP contribution >= 0.6 is 0 Å². The number of Topliss-reactive ketones (excluding diaryl/α,β-unsaturated/α-hetero) is 1. The molecule has 25 heavy (non-hydrogen) atoms. The minimum atomic E-state index is -0.744. The summed E-state index contributed by atoms with van der Waals surface area (Å²) in [4.78, 5) is 25.0. The monoisotopic (exact) mass is 337 g/mol. The minimum Gasteiger partial charge on any atom is -0.355 e. The third-order valence-corrected chi connectivity index (χ3v) is 5.26. The van der Waals surface area contributed by atoms with Crippen LogP contribution in [0.2, 0.25) is 0 Å². The third-order valence-electron chi connectivity index (χ3n) is 5.26. The molecule has 0 bridgehead atoms. The molecule has 3 nitrogen and oxygen atoms in total. The van der Waals surface area contributed by atoms with Gasteiger partial charge in [0.1, 0.15) is 17.5 Å². The van der Waals surface area contributed by atoms with E-state index in [1.54, 1.807) is 18.2 Å². The molecule has 128 valence electrons. The van der Waals surface area contributed by atoms with E-state index in [4.69, 9.17) is 0 Å². The van der Waals surface area contributed by atoms with Crippen molar-refractivity contribution >= 4 is 11.7 Å². The quantitative estimate of drug-likeness (QED) is 0.851. The van der Waals surface area contributed by atoms with E-state index in [9.17, 15) is 14.0 Å². The molecule has 1 saturated carbocycles. The number of carbonyl (C=O) groups excluding carboxylic acids is 2. The van der Waals surface area contributed by atoms with Crippen molar-refractivity contribution in [2.75, 3.05) is 6.54 Å². The van der Waals surface area contributed by atoms with E-state index in [0.29, 0.717) is 18.0 Å². The second-order valence-corrected chi connectivity index (χ2v) is 7.00. The number of hydrogen-bond donors (Lipinski definition) is 1. The number of nitrogens with one attached hydrogen (secondary N) is 1. The van der Waals surface area contributed by atoms with Gasteiger partial charge in [-0.1, -0.05) is 42.5 Å². The minimum absolute atomic E-state index is 0.0541. The van der Waals surface area contributed by atoms with Gasteiger partial charge in [-0.3, -0.25) is 9.59 Å². The summed E-state index contributed by atoms with van der Waals surface area (Å²) in [5.74, 6) is -1.13. The fourth-order valence-electron chi connectivity index (χ4n) is 3.67. The number of ketones is 1. The zero-order valence-electron chi connectivity index (χ0n) is 13.9. The molecule has 1 heterocycles. The molecular formula is C21H20FNO2. The Labute approximate surface area is 146 Å². The smallest absolute Gasteiger partial charge is 0.231 e. The van der Waals surface area contributed by atoms with Crippen molar-refractivity contribution in [2.45, 2.75) is 31.1 Å². The van der Waals surface area contributed by atoms with Crippen LogP contribution in [0.15, 0.2) is 48.5 Å². The lowest BCUT2D eigenvalue weighted by molar-refractivity contribution is -0.131. The van der Waals surface area contributed by atoms with E-state index in [1.165, 1.54) is 24.5 Å². The molecule has 1 saturated heterocycles. The van der Waals surface area contributed by atoms with E-state index >= 15 is 0 Å². The molecule has 2 atom stereocenters. The summed E-state index contributed by atoms with van der Waals surface area (Å²) < 4.78 is 13.8. The highest BCUT2D eigenvalue weighted by atomic mass is 19.1. The largest absolute Gasteiger partial charge is 0.355 e. The van der Waals surface area contributed by atoms with Crippen LogP contribution in [0.25, 0.3) is 0 Å². The Morgan fingerprint density at radius 1 is 1.04 bits per heavy atom. The van der Waals surface area contributed by atoms with Gasteiger partial charge >= 0.3 is 0 Å². The highest BCUT2D eigenvalue weighted by Gasteiger charge is 2.40. The zero-order chi connectivity index (χ0) is 17.4. The summed E-state index contributed by atoms with van der Waals surface area (Å²) in [7, 11) is 0. The molecule has 2 aromatic rings. The third kappa shape index (κ3) is 3.21. The predicted molar refractivity (Wildman–Crippen MR) is 92.8 cm³/mol. The van der Waals surface area contributed by atoms with E-state index in [0.717, 1.165) is 5.56 Å². The maximum Gasteiger partial charge on any atom is 0.231 e. The van der Waals surface area contributed by atoms with Crippen LogP contribution in [0.5, 0.6) is 0 Å². The lowest BCUT2D eigenvalue weighted by Gasteiger charge is -2.17. The van der Waals surface area contributed by atoms with Crippen molar-refractivity contribution in [1.82, 2.24) is 5.32 Å². The molecule has 0 unspecified atom stereocenters. The molecule has 4 rings (SSSR count). The highest BCUT2D eigenvalue weighted by molar-refractivity contribution is 6.04. The van der Waals surface area contributed by atoms with Crippen LogP contribution in [0.4, 0.5) is 4.39 Å². The van der Waals surface area contributed by atoms with Crippen LogP contribution in [0.1, 0.15) is 41.4 Å². The predicted octanol–water partition coefficient (Wildman–Crippen LogP) is 3.34. The van der Waals surface area contributed by atoms with Crippen molar-refractivity contribution in [3.8, 4) is 0 Å². The van der Waals surface area contributed by atoms with E-state index < -0.39 is 11.7 Å². The molecule has 4 heteroatoms. The molecule has 1 aliphatic carbocycles. The van der Waals surface area contributed by atoms with Crippen LogP contribution in [0, 0.1) is 11.7 Å². The molecule has 0 aromatic heterocycles. The highest BCUT2D eigenvalue weighted by Crippen LogP contribution is 2.40. The van der Waals surface area contributed by atoms with E-state index in [1.807, 2.05) is 12.1 Å². The first kappa shape index (κ1) is 16.0. The molecule has 1 N–H and O–H groups in total. The Bertz CT molecular complexity index is 811. The lowest BCUT2D eigenvalue weighted by atomic mass is 9.83. The van der Waals surface area contributed by atoms with Crippen LogP contribution in [0.3, 0.4) is 0 Å². The van der Waals surface area contributed by atoms with Crippen molar-refractivity contribution < 1.29 is 14.0 Å². The maximum absolute atomic E-state index is 13.8. The van der Waals surface area contributed by atoms with Gasteiger partial charge in [-0.05, 0) is 41.5 Å². The molecule has 1 amide bonds. The number of amides is 1. The SMILES string of the molecule is O=C(Cc1ccccc1F)[C@H]1C(=O)NC[C@@H]1c1ccc(C2CC2)cc1. The Morgan fingerprint density at radius 3 is 2.40 bits per heavy atom. The van der Waals surface area contributed by atoms with Crippen molar-refractivity contribution in [3.05, 3.63) is 71.0 Å². The first-order valence-electron chi connectivity index (χ1n) is 8.77. The van der Waals surface area contributed by atoms with Gasteiger partial charge < -0.3 is 5.32 Å². The summed E-state index contributed by atoms with van der Waals surface area (Å²) in [6.07, 6.45) is 2.43. The summed E-state index contributed by atoms with van der Waals surface area (Å²) in [5.41, 5.74) is 2.67. The fraction of sp³-hybridized carbons (Fsp3) is 0.333. The Hall–Kier alpha value is -2.49. The van der Waals surface area contributed by atoms with Gasteiger partial charge in [0.05, 0.1) is 0 Å². The number of benzene rings is 2. The van der Waals surface area contributed by atoms with Crippen molar-refractivity contribution in [1.29, 1.82) is 0 Å². The molecule has 0 radical (unpaired) electrons. The average molecular weight is 337 g/mol. The van der Waals surface area contributed by atoms with Crippen molar-refractivity contribution in [2.24, 2.45) is 5.92 Å². The Kier molecular flexibility index (Phi) is 4.12. The van der Waals surface area contributed by atoms with Gasteiger partial charge in [0.25, 0.3) is 0 Å². The molecule has 1 aliphatic heterocycles. The van der Waals surface area contributed by atoms with Gasteiger partial charge in [-0.25, -0.2) is 4.39 Å². The van der Waals surface area contributed by atoms with Crippen LogP contribution < -0.4 is 5.32 Å². The summed E-state index contributed by atoms with van der Waals surface area (Å²) in [6, 6.07) is 14.5. The molecule has 2 aromatic carbocycles. The van der Waals surface area contributed by atoms with Gasteiger partial charge in [-0.2, -0.15) is 0 Å². The second-order valence-electron chi connectivity index (χ2n) is 7.00. The zero-order valence-corrected chi connectivity index (χ0v) is 13.9. The average Bonchev–Trinajstić information content (AvgIpc) is 3.39. The summed E-state index contributed by atoms with van der Waals surface area (Å²) in [6.45, 7) is 0.454. The molecule has 2 aliphatic rings. The first-order valence-corrected chi connectivity index (χ1v) is 8.77. The van der Waals surface area contributed by atoms with Crippen LogP contribution in [-0.2, 0) is 16.0 Å². The maximum atomic E-state index is 13.8. The Morgan fingerprint density at radius 2 is 1.72 bits per heavy atom. The fourth-order valence-corrected chi connectivity index (χ4v) is 3.67. The van der Waals surface area contributed by atoms with Gasteiger partial charge in [-0.15, -0.1) is 0 Å². The number of carbonyl (C=O) groups is 2. The first-order chi connectivity index (χ1) is 12.1. The standard InChI is InChI=1S/C21H20FNO2/c22-18-4-2-1-3-16(18)11-19(24)20-17(12-23-21(20)25)15-9-7-14(8-10-15)13-5-6-13/h1-4,7-10,13,17,20H,5-6,11-12H2,(H,23,25)/t17-,20+/m1/s1. The normalized spacial score (nSPS) is 22.7. The molecule has 0 spiro atoms. The summed E-state index contributed by atoms with van der Waals surface area (Å²) >= 11 is 0. The number of rotatable bonds is 5. The van der Waals surface area contributed by atoms with Crippen molar-refractivity contribution in [3.63, 3.8) is 0 Å². The number of halogens is 1. The molecular weight excluding hydrogens is 317 g/mol. The van der Waals surface area contributed by atoms with Gasteiger partial charge in [0, 0.05) is 18.9 Å². The van der Waals surface area contributed by atoms with Gasteiger partial charge in [0.15, 0.2) is 0 Å². The molecule has 2 fully saturated rings. The lowest BCUT2D eigenvalue weighted by Crippen LogP contribution is -2.28. The van der Waals surface area contributed by atoms with Crippen LogP contribution in [-0.4, -0.2) is 18.2 Å². The Balaban J connectivity index is 1.54. The van der Waals surface area contributed by atoms with E-state index in [-0.39, 0.29) is 24.0 Å². The second kappa shape index (κ2) is 6.43. The van der Waals surface area contributed by atoms with E-state index in [2.05, 4.69) is 17.4 Å². The summed E-state index contributed by atoms with van der Waals surface area (Å²) in [5, 5.41) is 2.80. The topological polar surface area (TPSA) is 46.2 Å².